The molecule has 0 saturated carbocycles. The smallest absolute Gasteiger partial charge is 0.387 e. The fourth-order valence-corrected chi connectivity index (χ4v) is 4.25. The zero-order valence-corrected chi connectivity index (χ0v) is 19.6. The third-order valence-electron chi connectivity index (χ3n) is 5.07. The molecule has 0 aliphatic carbocycles. The molecule has 0 radical (unpaired) electrons. The molecule has 1 amide bonds. The van der Waals surface area contributed by atoms with E-state index < -0.39 is 11.9 Å². The van der Waals surface area contributed by atoms with Gasteiger partial charge in [-0.25, -0.2) is 4.98 Å². The van der Waals surface area contributed by atoms with E-state index in [0.29, 0.717) is 28.0 Å². The number of rotatable bonds is 8. The molecule has 0 aliphatic heterocycles. The number of ether oxygens (including phenoxy) is 2. The van der Waals surface area contributed by atoms with Crippen LogP contribution in [0.1, 0.15) is 6.92 Å². The van der Waals surface area contributed by atoms with Gasteiger partial charge in [0.2, 0.25) is 5.91 Å². The van der Waals surface area contributed by atoms with Crippen molar-refractivity contribution in [3.63, 3.8) is 0 Å². The molecule has 4 rings (SSSR count). The Hall–Kier alpha value is -3.92. The third kappa shape index (κ3) is 5.60. The van der Waals surface area contributed by atoms with Gasteiger partial charge in [0, 0.05) is 5.69 Å². The number of hydrogen-bond acceptors (Lipinski definition) is 6. The summed E-state index contributed by atoms with van der Waals surface area (Å²) in [5.74, 6) is 0.349. The van der Waals surface area contributed by atoms with Crippen LogP contribution in [-0.4, -0.2) is 34.4 Å². The van der Waals surface area contributed by atoms with Crippen molar-refractivity contribution in [2.24, 2.45) is 0 Å². The summed E-state index contributed by atoms with van der Waals surface area (Å²) in [5, 5.41) is 2.89. The van der Waals surface area contributed by atoms with E-state index in [1.165, 1.54) is 28.8 Å². The zero-order valence-electron chi connectivity index (χ0n) is 18.8. The van der Waals surface area contributed by atoms with Crippen molar-refractivity contribution >= 4 is 34.3 Å². The van der Waals surface area contributed by atoms with Crippen molar-refractivity contribution in [2.75, 3.05) is 12.4 Å². The molecule has 3 aromatic carbocycles. The Bertz CT molecular complexity index is 1390. The lowest BCUT2D eigenvalue weighted by Crippen LogP contribution is -2.26. The molecule has 1 unspecified atom stereocenters. The number of para-hydroxylation sites is 1. The monoisotopic (exact) mass is 497 g/mol. The van der Waals surface area contributed by atoms with Gasteiger partial charge in [-0.15, -0.1) is 0 Å². The van der Waals surface area contributed by atoms with Crippen LogP contribution in [0.2, 0.25) is 0 Å². The predicted molar refractivity (Wildman–Crippen MR) is 131 cm³/mol. The van der Waals surface area contributed by atoms with Crippen LogP contribution in [0.5, 0.6) is 11.5 Å². The molecule has 0 saturated heterocycles. The lowest BCUT2D eigenvalue weighted by molar-refractivity contribution is -0.115. The number of halogens is 2. The van der Waals surface area contributed by atoms with E-state index in [1.54, 1.807) is 62.6 Å². The first-order chi connectivity index (χ1) is 16.9. The number of amides is 1. The van der Waals surface area contributed by atoms with Gasteiger partial charge in [-0.05, 0) is 67.6 Å². The van der Waals surface area contributed by atoms with Crippen molar-refractivity contribution < 1.29 is 23.0 Å². The fraction of sp³-hybridized carbons (Fsp3) is 0.160. The third-order valence-corrected chi connectivity index (χ3v) is 6.13. The molecule has 1 N–H and O–H groups in total. The summed E-state index contributed by atoms with van der Waals surface area (Å²) in [6.45, 7) is -1.25. The molecule has 0 fully saturated rings. The number of carbonyl (C=O) groups is 1. The van der Waals surface area contributed by atoms with Crippen molar-refractivity contribution in [3.05, 3.63) is 83.2 Å². The highest BCUT2D eigenvalue weighted by Crippen LogP contribution is 2.27. The topological polar surface area (TPSA) is 82.5 Å². The summed E-state index contributed by atoms with van der Waals surface area (Å²) in [7, 11) is 1.56. The van der Waals surface area contributed by atoms with E-state index in [-0.39, 0.29) is 22.4 Å². The summed E-state index contributed by atoms with van der Waals surface area (Å²) < 4.78 is 35.9. The highest BCUT2D eigenvalue weighted by Gasteiger charge is 2.21. The van der Waals surface area contributed by atoms with Crippen LogP contribution in [0.25, 0.3) is 16.6 Å². The van der Waals surface area contributed by atoms with Crippen LogP contribution in [0, 0.1) is 0 Å². The van der Waals surface area contributed by atoms with E-state index >= 15 is 0 Å². The van der Waals surface area contributed by atoms with Gasteiger partial charge in [0.25, 0.3) is 5.56 Å². The van der Waals surface area contributed by atoms with Crippen molar-refractivity contribution in [3.8, 4) is 17.2 Å². The average Bonchev–Trinajstić information content (AvgIpc) is 2.85. The number of fused-ring (bicyclic) bond motifs is 1. The van der Waals surface area contributed by atoms with E-state index in [2.05, 4.69) is 15.0 Å². The molecular weight excluding hydrogens is 476 g/mol. The fourth-order valence-electron chi connectivity index (χ4n) is 3.33. The van der Waals surface area contributed by atoms with Gasteiger partial charge in [0.15, 0.2) is 5.16 Å². The molecule has 180 valence electrons. The normalized spacial score (nSPS) is 11.9. The number of alkyl halides is 2. The lowest BCUT2D eigenvalue weighted by atomic mass is 10.2. The Balaban J connectivity index is 1.66. The van der Waals surface area contributed by atoms with Gasteiger partial charge in [-0.3, -0.25) is 14.2 Å². The van der Waals surface area contributed by atoms with Crippen molar-refractivity contribution in [1.82, 2.24) is 9.55 Å². The van der Waals surface area contributed by atoms with Crippen LogP contribution in [0.3, 0.4) is 0 Å². The Morgan fingerprint density at radius 3 is 2.31 bits per heavy atom. The lowest BCUT2D eigenvalue weighted by Gasteiger charge is -2.17. The van der Waals surface area contributed by atoms with Gasteiger partial charge in [0.05, 0.1) is 29.0 Å². The predicted octanol–water partition coefficient (Wildman–Crippen LogP) is 5.12. The second-order valence-electron chi connectivity index (χ2n) is 7.40. The molecule has 10 heteroatoms. The average molecular weight is 498 g/mol. The Morgan fingerprint density at radius 2 is 1.66 bits per heavy atom. The minimum atomic E-state index is -2.96. The Kier molecular flexibility index (Phi) is 7.31. The summed E-state index contributed by atoms with van der Waals surface area (Å²) in [6.07, 6.45) is 0. The van der Waals surface area contributed by atoms with Crippen LogP contribution in [-0.2, 0) is 4.79 Å². The number of hydrogen-bond donors (Lipinski definition) is 1. The number of anilines is 1. The Labute approximate surface area is 203 Å². The molecule has 1 aromatic heterocycles. The molecule has 0 aliphatic rings. The number of nitrogens with one attached hydrogen (secondary N) is 1. The number of aromatic nitrogens is 2. The SMILES string of the molecule is COc1ccc(NC(=O)C(C)Sc2nc3ccccc3c(=O)n2-c2ccc(OC(F)F)cc2)cc1. The van der Waals surface area contributed by atoms with Gasteiger partial charge in [0.1, 0.15) is 11.5 Å². The number of thioether (sulfide) groups is 1. The second-order valence-corrected chi connectivity index (χ2v) is 8.71. The minimum absolute atomic E-state index is 0.0352. The van der Waals surface area contributed by atoms with Gasteiger partial charge in [-0.2, -0.15) is 8.78 Å². The van der Waals surface area contributed by atoms with E-state index in [0.717, 1.165) is 11.8 Å². The molecule has 0 bridgehead atoms. The number of carbonyl (C=O) groups excluding carboxylic acids is 1. The summed E-state index contributed by atoms with van der Waals surface area (Å²) in [5.41, 5.74) is 1.14. The summed E-state index contributed by atoms with van der Waals surface area (Å²) in [6, 6.07) is 19.4. The van der Waals surface area contributed by atoms with Gasteiger partial charge < -0.3 is 14.8 Å². The first-order valence-corrected chi connectivity index (χ1v) is 11.4. The number of nitrogens with zero attached hydrogens (tertiary/aromatic N) is 2. The van der Waals surface area contributed by atoms with Crippen LogP contribution < -0.4 is 20.3 Å². The number of methoxy groups -OCH3 is 1. The van der Waals surface area contributed by atoms with Crippen LogP contribution >= 0.6 is 11.8 Å². The second kappa shape index (κ2) is 10.6. The van der Waals surface area contributed by atoms with Gasteiger partial charge >= 0.3 is 6.61 Å². The van der Waals surface area contributed by atoms with Crippen LogP contribution in [0.15, 0.2) is 82.7 Å². The summed E-state index contributed by atoms with van der Waals surface area (Å²) >= 11 is 1.11. The van der Waals surface area contributed by atoms with E-state index in [9.17, 15) is 18.4 Å². The first-order valence-electron chi connectivity index (χ1n) is 10.5. The first kappa shape index (κ1) is 24.2. The van der Waals surface area contributed by atoms with Crippen molar-refractivity contribution in [2.45, 2.75) is 23.9 Å². The summed E-state index contributed by atoms with van der Waals surface area (Å²) in [4.78, 5) is 30.8. The van der Waals surface area contributed by atoms with E-state index in [4.69, 9.17) is 4.74 Å². The quantitative estimate of drug-likeness (QED) is 0.269. The molecule has 7 nitrogen and oxygen atoms in total. The van der Waals surface area contributed by atoms with Gasteiger partial charge in [-0.1, -0.05) is 23.9 Å². The van der Waals surface area contributed by atoms with Crippen molar-refractivity contribution in [1.29, 1.82) is 0 Å². The molecule has 35 heavy (non-hydrogen) atoms. The highest BCUT2D eigenvalue weighted by atomic mass is 32.2. The maximum atomic E-state index is 13.4. The maximum Gasteiger partial charge on any atom is 0.387 e. The Morgan fingerprint density at radius 1 is 1.00 bits per heavy atom. The van der Waals surface area contributed by atoms with Crippen LogP contribution in [0.4, 0.5) is 14.5 Å². The van der Waals surface area contributed by atoms with E-state index in [1.807, 2.05) is 0 Å². The molecule has 1 heterocycles. The maximum absolute atomic E-state index is 13.4. The molecular formula is C25H21F2N3O4S. The number of benzene rings is 3. The minimum Gasteiger partial charge on any atom is -0.497 e. The highest BCUT2D eigenvalue weighted by molar-refractivity contribution is 8.00. The largest absolute Gasteiger partial charge is 0.497 e. The zero-order chi connectivity index (χ0) is 24.9. The standard InChI is InChI=1S/C25H21F2N3O4S/c1-15(22(31)28-16-7-11-18(33-2)12-8-16)35-25-29-21-6-4-3-5-20(21)23(32)30(25)17-9-13-19(14-10-17)34-24(26)27/h3-15,24H,1-2H3,(H,28,31). The molecule has 0 spiro atoms. The molecule has 4 aromatic rings. The molecule has 1 atom stereocenters.